The molecule has 1 aromatic rings. The number of nitrogens with zero attached hydrogens (tertiary/aromatic N) is 3. The number of thioether (sulfide) groups is 1. The minimum absolute atomic E-state index is 0.547. The summed E-state index contributed by atoms with van der Waals surface area (Å²) in [5.74, 6) is 4.37. The van der Waals surface area contributed by atoms with Crippen LogP contribution in [-0.4, -0.2) is 73.7 Å². The molecule has 1 aromatic carbocycles. The molecule has 0 atom stereocenters. The number of aliphatic imine (C=N–C) groups is 1. The summed E-state index contributed by atoms with van der Waals surface area (Å²) >= 11 is 1.96. The fourth-order valence-corrected chi connectivity index (χ4v) is 3.72. The van der Waals surface area contributed by atoms with Gasteiger partial charge in [-0.05, 0) is 30.8 Å². The molecule has 0 aliphatic carbocycles. The number of methoxy groups -OCH3 is 1. The third-order valence-electron chi connectivity index (χ3n) is 4.55. The van der Waals surface area contributed by atoms with Gasteiger partial charge in [0.25, 0.3) is 0 Å². The lowest BCUT2D eigenvalue weighted by molar-refractivity contribution is 0.217. The Morgan fingerprint density at radius 1 is 1.23 bits per heavy atom. The van der Waals surface area contributed by atoms with Crippen LogP contribution in [0.3, 0.4) is 0 Å². The number of nitrogens with two attached hydrogens (primary N) is 1. The van der Waals surface area contributed by atoms with Crippen molar-refractivity contribution in [2.75, 3.05) is 57.9 Å². The molecule has 0 spiro atoms. The Morgan fingerprint density at radius 2 is 1.96 bits per heavy atom. The van der Waals surface area contributed by atoms with Gasteiger partial charge in [0.05, 0.1) is 13.7 Å². The number of likely N-dealkylation sites (N-methyl/N-ethyl adjacent to an activating group) is 1. The van der Waals surface area contributed by atoms with E-state index in [1.807, 2.05) is 30.0 Å². The first-order chi connectivity index (χ1) is 12.7. The lowest BCUT2D eigenvalue weighted by Gasteiger charge is -2.27. The largest absolute Gasteiger partial charge is 0.493 e. The second-order valence-electron chi connectivity index (χ2n) is 6.13. The van der Waals surface area contributed by atoms with Crippen molar-refractivity contribution in [1.29, 1.82) is 0 Å². The highest BCUT2D eigenvalue weighted by Gasteiger charge is 2.12. The first kappa shape index (κ1) is 20.7. The van der Waals surface area contributed by atoms with Gasteiger partial charge < -0.3 is 25.0 Å². The maximum atomic E-state index is 6.12. The van der Waals surface area contributed by atoms with Crippen LogP contribution in [0, 0.1) is 0 Å². The Labute approximate surface area is 161 Å². The van der Waals surface area contributed by atoms with E-state index in [1.165, 1.54) is 0 Å². The molecule has 6 nitrogen and oxygen atoms in total. The number of guanidine groups is 1. The van der Waals surface area contributed by atoms with E-state index in [1.54, 1.807) is 7.11 Å². The zero-order chi connectivity index (χ0) is 18.8. The Kier molecular flexibility index (Phi) is 8.91. The minimum Gasteiger partial charge on any atom is -0.493 e. The Morgan fingerprint density at radius 3 is 2.62 bits per heavy atom. The molecule has 1 fully saturated rings. The molecule has 0 radical (unpaired) electrons. The van der Waals surface area contributed by atoms with Crippen LogP contribution >= 0.6 is 11.8 Å². The molecule has 2 rings (SSSR count). The lowest BCUT2D eigenvalue weighted by atomic mass is 10.2. The van der Waals surface area contributed by atoms with Crippen molar-refractivity contribution in [1.82, 2.24) is 9.80 Å². The van der Waals surface area contributed by atoms with E-state index in [-0.39, 0.29) is 0 Å². The Bertz CT molecular complexity index is 573. The van der Waals surface area contributed by atoms with Crippen LogP contribution in [0.5, 0.6) is 11.5 Å². The van der Waals surface area contributed by atoms with Gasteiger partial charge in [0.2, 0.25) is 0 Å². The van der Waals surface area contributed by atoms with E-state index in [0.717, 1.165) is 61.3 Å². The van der Waals surface area contributed by atoms with Gasteiger partial charge in [-0.2, -0.15) is 11.8 Å². The number of benzene rings is 1. The average molecular weight is 381 g/mol. The summed E-state index contributed by atoms with van der Waals surface area (Å²) in [6, 6.07) is 5.97. The van der Waals surface area contributed by atoms with Gasteiger partial charge >= 0.3 is 0 Å². The molecular formula is C19H32N4O2S. The number of ether oxygens (including phenoxy) is 2. The zero-order valence-corrected chi connectivity index (χ0v) is 17.1. The fraction of sp³-hybridized carbons (Fsp3) is 0.632. The summed E-state index contributed by atoms with van der Waals surface area (Å²) in [4.78, 5) is 9.02. The van der Waals surface area contributed by atoms with E-state index in [4.69, 9.17) is 15.2 Å². The maximum absolute atomic E-state index is 6.12. The van der Waals surface area contributed by atoms with Gasteiger partial charge in [-0.1, -0.05) is 19.9 Å². The van der Waals surface area contributed by atoms with Crippen molar-refractivity contribution < 1.29 is 9.47 Å². The van der Waals surface area contributed by atoms with Crippen LogP contribution in [0.4, 0.5) is 0 Å². The number of rotatable bonds is 9. The molecule has 1 aliphatic rings. The summed E-state index contributed by atoms with van der Waals surface area (Å²) in [7, 11) is 1.67. The predicted octanol–water partition coefficient (Wildman–Crippen LogP) is 2.28. The molecule has 0 aromatic heterocycles. The molecule has 1 aliphatic heterocycles. The van der Waals surface area contributed by atoms with Crippen molar-refractivity contribution in [2.24, 2.45) is 10.7 Å². The van der Waals surface area contributed by atoms with Gasteiger partial charge in [0, 0.05) is 31.1 Å². The first-order valence-electron chi connectivity index (χ1n) is 9.32. The molecule has 0 unspecified atom stereocenters. The molecule has 0 bridgehead atoms. The summed E-state index contributed by atoms with van der Waals surface area (Å²) in [5.41, 5.74) is 7.19. The fourth-order valence-electron chi connectivity index (χ4n) is 2.82. The minimum atomic E-state index is 0.547. The Balaban J connectivity index is 1.92. The topological polar surface area (TPSA) is 63.3 Å². The second-order valence-corrected chi connectivity index (χ2v) is 7.36. The molecule has 1 heterocycles. The van der Waals surface area contributed by atoms with Crippen LogP contribution in [0.15, 0.2) is 23.2 Å². The van der Waals surface area contributed by atoms with E-state index in [9.17, 15) is 0 Å². The number of hydrogen-bond donors (Lipinski definition) is 1. The molecule has 0 saturated carbocycles. The third-order valence-corrected chi connectivity index (χ3v) is 5.49. The summed E-state index contributed by atoms with van der Waals surface area (Å²) in [6.07, 6.45) is 0. The Hall–Kier alpha value is -1.60. The van der Waals surface area contributed by atoms with E-state index in [0.29, 0.717) is 19.1 Å². The average Bonchev–Trinajstić information content (AvgIpc) is 2.70. The van der Waals surface area contributed by atoms with Crippen molar-refractivity contribution in [3.8, 4) is 11.5 Å². The third kappa shape index (κ3) is 6.29. The molecule has 7 heteroatoms. The normalized spacial score (nSPS) is 15.4. The lowest BCUT2D eigenvalue weighted by Crippen LogP contribution is -2.42. The molecular weight excluding hydrogens is 348 g/mol. The predicted molar refractivity (Wildman–Crippen MR) is 111 cm³/mol. The van der Waals surface area contributed by atoms with Crippen LogP contribution in [-0.2, 0) is 6.54 Å². The summed E-state index contributed by atoms with van der Waals surface area (Å²) in [6.45, 7) is 10.4. The van der Waals surface area contributed by atoms with Crippen molar-refractivity contribution >= 4 is 17.7 Å². The molecule has 26 heavy (non-hydrogen) atoms. The molecule has 2 N–H and O–H groups in total. The van der Waals surface area contributed by atoms with Gasteiger partial charge in [-0.25, -0.2) is 4.99 Å². The van der Waals surface area contributed by atoms with Crippen molar-refractivity contribution in [3.05, 3.63) is 23.8 Å². The van der Waals surface area contributed by atoms with E-state index >= 15 is 0 Å². The van der Waals surface area contributed by atoms with E-state index < -0.39 is 0 Å². The molecule has 146 valence electrons. The second kappa shape index (κ2) is 11.2. The van der Waals surface area contributed by atoms with Crippen molar-refractivity contribution in [3.63, 3.8) is 0 Å². The van der Waals surface area contributed by atoms with E-state index in [2.05, 4.69) is 28.6 Å². The summed E-state index contributed by atoms with van der Waals surface area (Å²) in [5, 5.41) is 0. The smallest absolute Gasteiger partial charge is 0.191 e. The highest BCUT2D eigenvalue weighted by molar-refractivity contribution is 7.99. The first-order valence-corrected chi connectivity index (χ1v) is 10.5. The maximum Gasteiger partial charge on any atom is 0.191 e. The zero-order valence-electron chi connectivity index (χ0n) is 16.2. The van der Waals surface area contributed by atoms with Crippen LogP contribution < -0.4 is 15.2 Å². The molecule has 0 amide bonds. The van der Waals surface area contributed by atoms with Gasteiger partial charge in [-0.15, -0.1) is 0 Å². The van der Waals surface area contributed by atoms with Gasteiger partial charge in [0.15, 0.2) is 17.5 Å². The quantitative estimate of drug-likeness (QED) is 0.524. The summed E-state index contributed by atoms with van der Waals surface area (Å²) < 4.78 is 11.4. The highest BCUT2D eigenvalue weighted by Crippen LogP contribution is 2.28. The van der Waals surface area contributed by atoms with Gasteiger partial charge in [0.1, 0.15) is 6.61 Å². The highest BCUT2D eigenvalue weighted by atomic mass is 32.2. The SMILES string of the molecule is CCN(CC)CCOc1ccc(CN=C(N)N2CCSCC2)cc1OC. The monoisotopic (exact) mass is 380 g/mol. The van der Waals surface area contributed by atoms with Crippen LogP contribution in [0.1, 0.15) is 19.4 Å². The molecule has 1 saturated heterocycles. The number of hydrogen-bond acceptors (Lipinski definition) is 5. The standard InChI is InChI=1S/C19H32N4O2S/c1-4-22(5-2)8-11-25-17-7-6-16(14-18(17)24-3)15-21-19(20)23-9-12-26-13-10-23/h6-7,14H,4-5,8-13,15H2,1-3H3,(H2,20,21). The van der Waals surface area contributed by atoms with Crippen LogP contribution in [0.25, 0.3) is 0 Å². The van der Waals surface area contributed by atoms with Gasteiger partial charge in [-0.3, -0.25) is 0 Å². The van der Waals surface area contributed by atoms with Crippen LogP contribution in [0.2, 0.25) is 0 Å². The van der Waals surface area contributed by atoms with Crippen molar-refractivity contribution in [2.45, 2.75) is 20.4 Å².